The molecule has 3 aliphatic heterocycles. The molecule has 296 valence electrons. The molecule has 0 radical (unpaired) electrons. The van der Waals surface area contributed by atoms with Crippen LogP contribution in [0, 0.1) is 0 Å². The number of hydrogen-bond donors (Lipinski definition) is 1. The third kappa shape index (κ3) is 5.81. The molecule has 58 heavy (non-hydrogen) atoms. The van der Waals surface area contributed by atoms with Crippen LogP contribution < -0.4 is 30.9 Å². The molecule has 3 aliphatic rings. The Morgan fingerprint density at radius 1 is 0.845 bits per heavy atom. The molecule has 3 amide bonds. The standard InChI is InChI=1S/C42H40N8O8/c1-46-19-29(26-14-36(44-16-28(26)40(46)53)48-17-24(18-48)56-3)22-12-34(57-4)30(35(13-22)58-5)20-49-21-31-27(41(49)54)11-23(15-43-31)25-7-6-8-32-38(25)47(2)42(55)50(32)33-9-10-37(51)45-39(33)52/h6-8,11-16,19,24,33H,9-10,17-18,20-21H2,1-5H3,(H,45,51,52). The summed E-state index contributed by atoms with van der Waals surface area (Å²) in [5.41, 5.74) is 5.09. The quantitative estimate of drug-likeness (QED) is 0.213. The van der Waals surface area contributed by atoms with Gasteiger partial charge in [0.05, 0.1) is 66.7 Å². The van der Waals surface area contributed by atoms with Crippen LogP contribution in [0.4, 0.5) is 5.82 Å². The van der Waals surface area contributed by atoms with E-state index in [2.05, 4.69) is 15.2 Å². The van der Waals surface area contributed by atoms with Crippen LogP contribution in [0.3, 0.4) is 0 Å². The molecule has 16 nitrogen and oxygen atoms in total. The Hall–Kier alpha value is -6.81. The van der Waals surface area contributed by atoms with Crippen molar-refractivity contribution < 1.29 is 28.6 Å². The summed E-state index contributed by atoms with van der Waals surface area (Å²) < 4.78 is 21.8. The molecule has 2 aromatic carbocycles. The Bertz CT molecular complexity index is 2830. The van der Waals surface area contributed by atoms with Crippen LogP contribution in [0.5, 0.6) is 11.5 Å². The summed E-state index contributed by atoms with van der Waals surface area (Å²) in [6.45, 7) is 1.82. The molecule has 4 aromatic heterocycles. The summed E-state index contributed by atoms with van der Waals surface area (Å²) in [5, 5.41) is 3.56. The van der Waals surface area contributed by atoms with Crippen LogP contribution >= 0.6 is 0 Å². The zero-order valence-corrected chi connectivity index (χ0v) is 32.6. The van der Waals surface area contributed by atoms with Gasteiger partial charge in [0.1, 0.15) is 23.4 Å². The van der Waals surface area contributed by atoms with Crippen LogP contribution in [0.1, 0.15) is 40.5 Å². The number of rotatable bonds is 9. The fourth-order valence-corrected chi connectivity index (χ4v) is 8.42. The Kier molecular flexibility index (Phi) is 8.87. The van der Waals surface area contributed by atoms with Gasteiger partial charge in [0, 0.05) is 81.4 Å². The highest BCUT2D eigenvalue weighted by Crippen LogP contribution is 2.40. The third-order valence-electron chi connectivity index (χ3n) is 11.6. The molecule has 7 heterocycles. The lowest BCUT2D eigenvalue weighted by Crippen LogP contribution is -2.52. The van der Waals surface area contributed by atoms with Gasteiger partial charge in [0.2, 0.25) is 11.8 Å². The number of carbonyl (C=O) groups excluding carboxylic acids is 3. The average Bonchev–Trinajstić information content (AvgIpc) is 3.66. The number of pyridine rings is 3. The summed E-state index contributed by atoms with van der Waals surface area (Å²) in [4.78, 5) is 78.6. The monoisotopic (exact) mass is 784 g/mol. The first kappa shape index (κ1) is 36.8. The van der Waals surface area contributed by atoms with Crippen molar-refractivity contribution in [1.82, 2.24) is 33.9 Å². The van der Waals surface area contributed by atoms with Crippen molar-refractivity contribution in [2.24, 2.45) is 14.1 Å². The maximum atomic E-state index is 14.1. The number of aromatic nitrogens is 5. The molecule has 16 heteroatoms. The largest absolute Gasteiger partial charge is 0.496 e. The molecule has 1 atom stereocenters. The first-order chi connectivity index (χ1) is 28.0. The van der Waals surface area contributed by atoms with Gasteiger partial charge in [0.15, 0.2) is 0 Å². The fourth-order valence-electron chi connectivity index (χ4n) is 8.42. The predicted octanol–water partition coefficient (Wildman–Crippen LogP) is 3.30. The molecule has 1 unspecified atom stereocenters. The number of methoxy groups -OCH3 is 3. The van der Waals surface area contributed by atoms with Crippen molar-refractivity contribution >= 4 is 45.3 Å². The van der Waals surface area contributed by atoms with Gasteiger partial charge in [-0.1, -0.05) is 12.1 Å². The predicted molar refractivity (Wildman–Crippen MR) is 214 cm³/mol. The lowest BCUT2D eigenvalue weighted by molar-refractivity contribution is -0.135. The zero-order valence-electron chi connectivity index (χ0n) is 32.6. The molecule has 9 rings (SSSR count). The van der Waals surface area contributed by atoms with E-state index in [4.69, 9.17) is 19.2 Å². The molecule has 1 N–H and O–H groups in total. The number of imidazole rings is 1. The second-order valence-corrected chi connectivity index (χ2v) is 14.9. The number of nitrogens with zero attached hydrogens (tertiary/aromatic N) is 7. The van der Waals surface area contributed by atoms with Crippen LogP contribution in [-0.2, 0) is 41.5 Å². The highest BCUT2D eigenvalue weighted by Gasteiger charge is 2.34. The number of para-hydroxylation sites is 1. The van der Waals surface area contributed by atoms with Gasteiger partial charge >= 0.3 is 5.69 Å². The minimum Gasteiger partial charge on any atom is -0.496 e. The maximum Gasteiger partial charge on any atom is 0.329 e. The van der Waals surface area contributed by atoms with Gasteiger partial charge in [-0.2, -0.15) is 0 Å². The minimum atomic E-state index is -0.828. The molecule has 0 spiro atoms. The summed E-state index contributed by atoms with van der Waals surface area (Å²) in [6.07, 6.45) is 5.58. The smallest absolute Gasteiger partial charge is 0.329 e. The lowest BCUT2D eigenvalue weighted by Gasteiger charge is -2.39. The fraction of sp³-hybridized carbons (Fsp3) is 0.310. The van der Waals surface area contributed by atoms with Crippen molar-refractivity contribution in [2.45, 2.75) is 38.1 Å². The molecule has 2 saturated heterocycles. The first-order valence-corrected chi connectivity index (χ1v) is 18.8. The van der Waals surface area contributed by atoms with Gasteiger partial charge < -0.3 is 28.6 Å². The van der Waals surface area contributed by atoms with E-state index in [1.807, 2.05) is 24.3 Å². The van der Waals surface area contributed by atoms with Gasteiger partial charge in [-0.3, -0.25) is 38.6 Å². The van der Waals surface area contributed by atoms with Crippen molar-refractivity contribution in [1.29, 1.82) is 0 Å². The zero-order chi connectivity index (χ0) is 40.6. The van der Waals surface area contributed by atoms with Gasteiger partial charge in [-0.25, -0.2) is 9.78 Å². The SMILES string of the molecule is COc1cc(-c2cn(C)c(=O)c3cnc(N4CC(OC)C4)cc23)cc(OC)c1CN1Cc2ncc(-c3cccc4c3n(C)c(=O)n4C3CCC(=O)NC3=O)cc2C1=O. The number of piperidine rings is 1. The number of hydrogen-bond acceptors (Lipinski definition) is 11. The van der Waals surface area contributed by atoms with E-state index in [1.54, 1.807) is 77.1 Å². The molecule has 0 saturated carbocycles. The Balaban J connectivity index is 1.04. The van der Waals surface area contributed by atoms with Gasteiger partial charge in [0.25, 0.3) is 11.5 Å². The Morgan fingerprint density at radius 2 is 1.60 bits per heavy atom. The molecular formula is C42H40N8O8. The number of carbonyl (C=O) groups is 3. The summed E-state index contributed by atoms with van der Waals surface area (Å²) in [6, 6.07) is 12.1. The van der Waals surface area contributed by atoms with E-state index in [1.165, 1.54) is 13.7 Å². The number of fused-ring (bicyclic) bond motifs is 3. The van der Waals surface area contributed by atoms with Crippen LogP contribution in [-0.4, -0.2) is 86.8 Å². The number of nitrogens with one attached hydrogen (secondary N) is 1. The highest BCUT2D eigenvalue weighted by molar-refractivity contribution is 6.02. The number of ether oxygens (including phenoxy) is 3. The first-order valence-electron chi connectivity index (χ1n) is 18.8. The second-order valence-electron chi connectivity index (χ2n) is 14.9. The number of benzene rings is 2. The molecule has 0 bridgehead atoms. The number of anilines is 1. The van der Waals surface area contributed by atoms with Gasteiger partial charge in [-0.05, 0) is 42.3 Å². The lowest BCUT2D eigenvalue weighted by atomic mass is 9.98. The van der Waals surface area contributed by atoms with E-state index in [-0.39, 0.29) is 55.1 Å². The minimum absolute atomic E-state index is 0.133. The Labute approximate surface area is 331 Å². The number of amides is 3. The van der Waals surface area contributed by atoms with E-state index in [0.29, 0.717) is 69.0 Å². The topological polar surface area (TPSA) is 172 Å². The summed E-state index contributed by atoms with van der Waals surface area (Å²) in [7, 11) is 8.16. The molecule has 2 fully saturated rings. The van der Waals surface area contributed by atoms with Crippen LogP contribution in [0.25, 0.3) is 44.1 Å². The van der Waals surface area contributed by atoms with E-state index in [9.17, 15) is 24.0 Å². The average molecular weight is 785 g/mol. The molecule has 0 aliphatic carbocycles. The normalized spacial score (nSPS) is 16.9. The Morgan fingerprint density at radius 3 is 2.31 bits per heavy atom. The van der Waals surface area contributed by atoms with E-state index >= 15 is 0 Å². The maximum absolute atomic E-state index is 14.1. The number of aryl methyl sites for hydroxylation is 2. The van der Waals surface area contributed by atoms with Crippen LogP contribution in [0.2, 0.25) is 0 Å². The van der Waals surface area contributed by atoms with E-state index in [0.717, 1.165) is 22.3 Å². The summed E-state index contributed by atoms with van der Waals surface area (Å²) >= 11 is 0. The molecular weight excluding hydrogens is 745 g/mol. The van der Waals surface area contributed by atoms with Gasteiger partial charge in [-0.15, -0.1) is 0 Å². The third-order valence-corrected chi connectivity index (χ3v) is 11.6. The van der Waals surface area contributed by atoms with E-state index < -0.39 is 11.9 Å². The van der Waals surface area contributed by atoms with Crippen molar-refractivity contribution in [2.75, 3.05) is 39.3 Å². The van der Waals surface area contributed by atoms with Crippen molar-refractivity contribution in [3.63, 3.8) is 0 Å². The second kappa shape index (κ2) is 14.0. The highest BCUT2D eigenvalue weighted by atomic mass is 16.5. The number of imide groups is 1. The summed E-state index contributed by atoms with van der Waals surface area (Å²) in [5.74, 6) is 0.646. The molecule has 6 aromatic rings. The van der Waals surface area contributed by atoms with Crippen LogP contribution in [0.15, 0.2) is 70.6 Å². The van der Waals surface area contributed by atoms with Crippen molar-refractivity contribution in [3.05, 3.63) is 98.7 Å². The van der Waals surface area contributed by atoms with Crippen molar-refractivity contribution in [3.8, 4) is 33.8 Å².